The van der Waals surface area contributed by atoms with Crippen molar-refractivity contribution in [1.82, 2.24) is 18.8 Å². The first-order valence-corrected chi connectivity index (χ1v) is 12.1. The summed E-state index contributed by atoms with van der Waals surface area (Å²) in [5.41, 5.74) is 1.28. The molecule has 32 heavy (non-hydrogen) atoms. The number of nitrogens with zero attached hydrogens (tertiary/aromatic N) is 5. The Hall–Kier alpha value is -3.04. The lowest BCUT2D eigenvalue weighted by Crippen LogP contribution is -2.38. The van der Waals surface area contributed by atoms with Crippen LogP contribution in [-0.2, 0) is 17.1 Å². The predicted molar refractivity (Wildman–Crippen MR) is 124 cm³/mol. The molecule has 0 saturated carbocycles. The molecule has 1 fully saturated rings. The fourth-order valence-corrected chi connectivity index (χ4v) is 5.61. The van der Waals surface area contributed by atoms with Gasteiger partial charge >= 0.3 is 0 Å². The summed E-state index contributed by atoms with van der Waals surface area (Å²) in [6, 6.07) is 13.8. The Morgan fingerprint density at radius 2 is 1.75 bits per heavy atom. The van der Waals surface area contributed by atoms with E-state index in [2.05, 4.69) is 4.98 Å². The minimum absolute atomic E-state index is 0.0664. The number of sulfonamides is 1. The summed E-state index contributed by atoms with van der Waals surface area (Å²) < 4.78 is 29.2. The van der Waals surface area contributed by atoms with E-state index in [0.29, 0.717) is 36.0 Å². The third kappa shape index (κ3) is 4.44. The summed E-state index contributed by atoms with van der Waals surface area (Å²) in [6.45, 7) is 0.898. The molecule has 2 aromatic heterocycles. The van der Waals surface area contributed by atoms with Gasteiger partial charge < -0.3 is 4.90 Å². The van der Waals surface area contributed by atoms with Gasteiger partial charge in [0.1, 0.15) is 0 Å². The van der Waals surface area contributed by atoms with Crippen LogP contribution in [0.3, 0.4) is 0 Å². The minimum Gasteiger partial charge on any atom is -0.342 e. The van der Waals surface area contributed by atoms with Crippen LogP contribution in [0, 0.1) is 0 Å². The molecule has 0 aliphatic carbocycles. The molecule has 8 nitrogen and oxygen atoms in total. The highest BCUT2D eigenvalue weighted by molar-refractivity contribution is 7.89. The molecule has 168 valence electrons. The highest BCUT2D eigenvalue weighted by Crippen LogP contribution is 2.25. The molecule has 3 heterocycles. The lowest BCUT2D eigenvalue weighted by Gasteiger charge is -2.29. The molecule has 1 aliphatic rings. The molecule has 1 atom stereocenters. The molecule has 1 aliphatic heterocycles. The molecule has 0 amide bonds. The smallest absolute Gasteiger partial charge is 0.255 e. The molecule has 1 aromatic carbocycles. The Balaban J connectivity index is 1.57. The molecule has 0 radical (unpaired) electrons. The van der Waals surface area contributed by atoms with Crippen molar-refractivity contribution in [2.45, 2.75) is 30.2 Å². The first kappa shape index (κ1) is 22.2. The topological polar surface area (TPSA) is 88.4 Å². The van der Waals surface area contributed by atoms with Crippen molar-refractivity contribution >= 4 is 16.0 Å². The number of anilines is 1. The number of pyridine rings is 1. The summed E-state index contributed by atoms with van der Waals surface area (Å²) in [5.74, 6) is 0.564. The van der Waals surface area contributed by atoms with Crippen molar-refractivity contribution in [3.05, 3.63) is 71.3 Å². The zero-order chi connectivity index (χ0) is 22.7. The highest BCUT2D eigenvalue weighted by atomic mass is 32.2. The van der Waals surface area contributed by atoms with Crippen molar-refractivity contribution < 1.29 is 8.42 Å². The number of hydrogen-bond donors (Lipinski definition) is 0. The quantitative estimate of drug-likeness (QED) is 0.590. The molecule has 0 N–H and O–H groups in total. The predicted octanol–water partition coefficient (Wildman–Crippen LogP) is 2.52. The van der Waals surface area contributed by atoms with E-state index in [9.17, 15) is 13.2 Å². The Labute approximate surface area is 188 Å². The average molecular weight is 454 g/mol. The zero-order valence-corrected chi connectivity index (χ0v) is 19.1. The Morgan fingerprint density at radius 1 is 1.03 bits per heavy atom. The fraction of sp³-hybridized carbons (Fsp3) is 0.348. The second kappa shape index (κ2) is 9.22. The van der Waals surface area contributed by atoms with Gasteiger partial charge in [-0.3, -0.25) is 14.3 Å². The van der Waals surface area contributed by atoms with Crippen molar-refractivity contribution in [1.29, 1.82) is 0 Å². The van der Waals surface area contributed by atoms with Gasteiger partial charge in [0, 0.05) is 57.3 Å². The van der Waals surface area contributed by atoms with Gasteiger partial charge in [-0.15, -0.1) is 0 Å². The SMILES string of the molecule is CN(c1nc(-c2ccncc2)cc(=O)n1C)C1CCCN(S(=O)(=O)c2ccccc2)CC1. The molecular weight excluding hydrogens is 426 g/mol. The Bertz CT molecular complexity index is 1230. The van der Waals surface area contributed by atoms with E-state index in [1.807, 2.05) is 30.1 Å². The van der Waals surface area contributed by atoms with Crippen molar-refractivity contribution in [3.63, 3.8) is 0 Å². The van der Waals surface area contributed by atoms with Crippen LogP contribution >= 0.6 is 0 Å². The van der Waals surface area contributed by atoms with E-state index in [4.69, 9.17) is 4.98 Å². The minimum atomic E-state index is -3.52. The van der Waals surface area contributed by atoms with Crippen LogP contribution < -0.4 is 10.5 Å². The van der Waals surface area contributed by atoms with Gasteiger partial charge in [0.2, 0.25) is 16.0 Å². The van der Waals surface area contributed by atoms with Gasteiger partial charge in [-0.25, -0.2) is 13.4 Å². The van der Waals surface area contributed by atoms with Crippen molar-refractivity contribution in [2.24, 2.45) is 7.05 Å². The molecule has 0 spiro atoms. The normalized spacial score (nSPS) is 17.6. The molecule has 0 bridgehead atoms. The second-order valence-corrected chi connectivity index (χ2v) is 9.93. The maximum atomic E-state index is 13.0. The third-order valence-corrected chi connectivity index (χ3v) is 7.90. The van der Waals surface area contributed by atoms with E-state index in [0.717, 1.165) is 18.4 Å². The van der Waals surface area contributed by atoms with Crippen LogP contribution in [0.25, 0.3) is 11.3 Å². The number of rotatable bonds is 5. The molecular formula is C23H27N5O3S. The Morgan fingerprint density at radius 3 is 2.47 bits per heavy atom. The average Bonchev–Trinajstić information content (AvgIpc) is 3.08. The van der Waals surface area contributed by atoms with E-state index < -0.39 is 10.0 Å². The zero-order valence-electron chi connectivity index (χ0n) is 18.3. The van der Waals surface area contributed by atoms with Crippen LogP contribution in [0.1, 0.15) is 19.3 Å². The largest absolute Gasteiger partial charge is 0.342 e. The first-order valence-electron chi connectivity index (χ1n) is 10.6. The lowest BCUT2D eigenvalue weighted by atomic mass is 10.1. The number of hydrogen-bond acceptors (Lipinski definition) is 6. The number of benzene rings is 1. The monoisotopic (exact) mass is 453 g/mol. The molecule has 3 aromatic rings. The second-order valence-electron chi connectivity index (χ2n) is 7.99. The first-order chi connectivity index (χ1) is 15.4. The standard InChI is InChI=1S/C23H27N5O3S/c1-26(23-25-21(17-22(29)27(23)2)18-10-13-24-14-11-18)19-7-6-15-28(16-12-19)32(30,31)20-8-4-3-5-9-20/h3-5,8-11,13-14,17,19H,6-7,12,15-16H2,1-2H3. The molecule has 1 unspecified atom stereocenters. The maximum Gasteiger partial charge on any atom is 0.255 e. The molecule has 1 saturated heterocycles. The van der Waals surface area contributed by atoms with Gasteiger partial charge in [0.05, 0.1) is 10.6 Å². The number of aromatic nitrogens is 3. The molecule has 4 rings (SSSR count). The highest BCUT2D eigenvalue weighted by Gasteiger charge is 2.29. The van der Waals surface area contributed by atoms with E-state index >= 15 is 0 Å². The van der Waals surface area contributed by atoms with Crippen LogP contribution in [0.15, 0.2) is 70.6 Å². The summed E-state index contributed by atoms with van der Waals surface area (Å²) in [5, 5.41) is 0. The van der Waals surface area contributed by atoms with Crippen molar-refractivity contribution in [2.75, 3.05) is 25.0 Å². The maximum absolute atomic E-state index is 13.0. The van der Waals surface area contributed by atoms with Crippen LogP contribution in [0.5, 0.6) is 0 Å². The molecule has 9 heteroatoms. The lowest BCUT2D eigenvalue weighted by molar-refractivity contribution is 0.420. The van der Waals surface area contributed by atoms with E-state index in [-0.39, 0.29) is 11.6 Å². The van der Waals surface area contributed by atoms with Gasteiger partial charge in [0.15, 0.2) is 0 Å². The third-order valence-electron chi connectivity index (χ3n) is 5.99. The van der Waals surface area contributed by atoms with E-state index in [1.54, 1.807) is 48.0 Å². The van der Waals surface area contributed by atoms with Crippen LogP contribution in [-0.4, -0.2) is 53.4 Å². The summed E-state index contributed by atoms with van der Waals surface area (Å²) in [7, 11) is 0.111. The van der Waals surface area contributed by atoms with Crippen LogP contribution in [0.2, 0.25) is 0 Å². The van der Waals surface area contributed by atoms with Crippen LogP contribution in [0.4, 0.5) is 5.95 Å². The van der Waals surface area contributed by atoms with Gasteiger partial charge in [-0.2, -0.15) is 4.31 Å². The van der Waals surface area contributed by atoms with Gasteiger partial charge in [-0.05, 0) is 43.5 Å². The Kier molecular flexibility index (Phi) is 6.38. The summed E-state index contributed by atoms with van der Waals surface area (Å²) >= 11 is 0. The fourth-order valence-electron chi connectivity index (χ4n) is 4.10. The summed E-state index contributed by atoms with van der Waals surface area (Å²) in [4.78, 5) is 23.7. The van der Waals surface area contributed by atoms with Gasteiger partial charge in [0.25, 0.3) is 5.56 Å². The van der Waals surface area contributed by atoms with E-state index in [1.165, 1.54) is 10.6 Å². The van der Waals surface area contributed by atoms with Crippen molar-refractivity contribution in [3.8, 4) is 11.3 Å². The van der Waals surface area contributed by atoms with Gasteiger partial charge in [-0.1, -0.05) is 18.2 Å². The summed E-state index contributed by atoms with van der Waals surface area (Å²) in [6.07, 6.45) is 5.54.